The van der Waals surface area contributed by atoms with Gasteiger partial charge < -0.3 is 14.6 Å². The second kappa shape index (κ2) is 7.60. The molecule has 1 aliphatic rings. The number of hydrogen-bond acceptors (Lipinski definition) is 7. The Morgan fingerprint density at radius 1 is 1.14 bits per heavy atom. The van der Waals surface area contributed by atoms with E-state index in [1.165, 1.54) is 28.0 Å². The number of nitrogens with zero attached hydrogens (tertiary/aromatic N) is 3. The molecular formula is C18H9Cl2N3O4S2. The van der Waals surface area contributed by atoms with Crippen molar-refractivity contribution in [3.05, 3.63) is 61.6 Å². The van der Waals surface area contributed by atoms with Crippen LogP contribution in [0.25, 0.3) is 17.6 Å². The number of aliphatic imine (C=N–C) groups is 2. The van der Waals surface area contributed by atoms with Crippen molar-refractivity contribution in [2.45, 2.75) is 0 Å². The van der Waals surface area contributed by atoms with Gasteiger partial charge in [0, 0.05) is 6.08 Å². The van der Waals surface area contributed by atoms with Gasteiger partial charge >= 0.3 is 5.97 Å². The third-order valence-corrected chi connectivity index (χ3v) is 5.82. The van der Waals surface area contributed by atoms with Crippen LogP contribution >= 0.6 is 46.8 Å². The fourth-order valence-corrected chi connectivity index (χ4v) is 4.08. The minimum absolute atomic E-state index is 0.0864. The molecule has 2 aromatic heterocycles. The Labute approximate surface area is 181 Å². The van der Waals surface area contributed by atoms with Gasteiger partial charge in [-0.05, 0) is 48.6 Å². The molecule has 3 aromatic rings. The van der Waals surface area contributed by atoms with Gasteiger partial charge in [0.05, 0.1) is 16.1 Å². The Kier molecular flexibility index (Phi) is 5.13. The summed E-state index contributed by atoms with van der Waals surface area (Å²) in [5.41, 5.74) is 1.50. The van der Waals surface area contributed by atoms with Gasteiger partial charge in [0.15, 0.2) is 25.5 Å². The molecule has 0 atom stereocenters. The SMILES string of the molecule is O=C(O)c1ccc(-n2c(O)c(C=c3ccc(=C4N=C(Cl)C(Cl)=N4)o3)sc2=S)cc1. The van der Waals surface area contributed by atoms with Gasteiger partial charge in [-0.25, -0.2) is 14.8 Å². The van der Waals surface area contributed by atoms with Crippen LogP contribution in [0.1, 0.15) is 15.2 Å². The van der Waals surface area contributed by atoms with E-state index in [4.69, 9.17) is 44.9 Å². The summed E-state index contributed by atoms with van der Waals surface area (Å²) in [6, 6.07) is 9.36. The molecule has 4 rings (SSSR count). The smallest absolute Gasteiger partial charge is 0.335 e. The molecule has 0 radical (unpaired) electrons. The van der Waals surface area contributed by atoms with Crippen LogP contribution in [0.15, 0.2) is 50.8 Å². The predicted molar refractivity (Wildman–Crippen MR) is 115 cm³/mol. The van der Waals surface area contributed by atoms with Crippen LogP contribution in [0.4, 0.5) is 0 Å². The van der Waals surface area contributed by atoms with Crippen LogP contribution in [-0.4, -0.2) is 31.1 Å². The van der Waals surface area contributed by atoms with E-state index >= 15 is 0 Å². The first-order valence-electron chi connectivity index (χ1n) is 7.92. The molecule has 0 aliphatic carbocycles. The molecule has 7 nitrogen and oxygen atoms in total. The molecule has 0 spiro atoms. The molecule has 29 heavy (non-hydrogen) atoms. The van der Waals surface area contributed by atoms with E-state index in [0.717, 1.165) is 0 Å². The molecule has 0 saturated heterocycles. The lowest BCUT2D eigenvalue weighted by molar-refractivity contribution is 0.0697. The summed E-state index contributed by atoms with van der Waals surface area (Å²) >= 11 is 18.1. The van der Waals surface area contributed by atoms with E-state index in [-0.39, 0.29) is 27.6 Å². The molecule has 2 N–H and O–H groups in total. The third kappa shape index (κ3) is 3.77. The van der Waals surface area contributed by atoms with E-state index in [0.29, 0.717) is 25.3 Å². The van der Waals surface area contributed by atoms with Crippen molar-refractivity contribution in [3.63, 3.8) is 0 Å². The fraction of sp³-hybridized carbons (Fsp3) is 0. The van der Waals surface area contributed by atoms with Crippen molar-refractivity contribution in [3.8, 4) is 11.6 Å². The van der Waals surface area contributed by atoms with Crippen LogP contribution in [-0.2, 0) is 0 Å². The van der Waals surface area contributed by atoms with Crippen LogP contribution < -0.4 is 10.8 Å². The van der Waals surface area contributed by atoms with Gasteiger partial charge in [-0.3, -0.25) is 4.57 Å². The van der Waals surface area contributed by atoms with Crippen LogP contribution in [0.3, 0.4) is 0 Å². The number of aromatic nitrogens is 1. The highest BCUT2D eigenvalue weighted by molar-refractivity contribution is 7.73. The summed E-state index contributed by atoms with van der Waals surface area (Å²) in [6.45, 7) is 0. The number of carboxylic acids is 1. The molecule has 0 bridgehead atoms. The largest absolute Gasteiger partial charge is 0.493 e. The number of aromatic hydroxyl groups is 1. The number of furan rings is 1. The molecule has 0 fully saturated rings. The fourth-order valence-electron chi connectivity index (χ4n) is 2.55. The Bertz CT molecular complexity index is 1360. The Balaban J connectivity index is 1.75. The highest BCUT2D eigenvalue weighted by atomic mass is 35.5. The van der Waals surface area contributed by atoms with Gasteiger partial charge in [0.25, 0.3) is 0 Å². The molecule has 3 heterocycles. The Morgan fingerprint density at radius 3 is 2.41 bits per heavy atom. The van der Waals surface area contributed by atoms with E-state index in [2.05, 4.69) is 9.98 Å². The topological polar surface area (TPSA) is 100 Å². The molecule has 1 aliphatic heterocycles. The Morgan fingerprint density at radius 2 is 1.79 bits per heavy atom. The lowest BCUT2D eigenvalue weighted by Crippen LogP contribution is -2.02. The van der Waals surface area contributed by atoms with Crippen molar-refractivity contribution in [1.82, 2.24) is 4.57 Å². The van der Waals surface area contributed by atoms with Crippen molar-refractivity contribution in [2.24, 2.45) is 9.98 Å². The minimum atomic E-state index is -1.03. The van der Waals surface area contributed by atoms with E-state index in [1.54, 1.807) is 30.3 Å². The number of rotatable bonds is 3. The predicted octanol–water partition coefficient (Wildman–Crippen LogP) is 3.45. The maximum atomic E-state index is 11.0. The number of carboxylic acid groups (broad SMARTS) is 1. The summed E-state index contributed by atoms with van der Waals surface area (Å²) < 4.78 is 7.52. The number of hydrogen-bond donors (Lipinski definition) is 2. The normalized spacial score (nSPS) is 14.3. The average Bonchev–Trinajstić information content (AvgIpc) is 3.35. The van der Waals surface area contributed by atoms with Gasteiger partial charge in [-0.2, -0.15) is 0 Å². The highest BCUT2D eigenvalue weighted by Gasteiger charge is 2.15. The molecule has 146 valence electrons. The zero-order valence-corrected chi connectivity index (χ0v) is 17.3. The lowest BCUT2D eigenvalue weighted by Gasteiger charge is -2.05. The third-order valence-electron chi connectivity index (χ3n) is 3.88. The summed E-state index contributed by atoms with van der Waals surface area (Å²) in [4.78, 5) is 19.5. The first-order chi connectivity index (χ1) is 13.8. The summed E-state index contributed by atoms with van der Waals surface area (Å²) in [7, 11) is 0. The monoisotopic (exact) mass is 465 g/mol. The standard InChI is InChI=1S/C18H9Cl2N3O4S2/c19-13-14(20)22-15(21-13)11-6-5-10(27-11)7-12-16(24)23(18(28)29-12)9-3-1-8(2-4-9)17(25)26/h1-7,24H,(H,25,26). The van der Waals surface area contributed by atoms with Gasteiger partial charge in [0.2, 0.25) is 5.88 Å². The number of thiazole rings is 1. The molecule has 11 heteroatoms. The zero-order chi connectivity index (χ0) is 20.7. The van der Waals surface area contributed by atoms with Crippen molar-refractivity contribution >= 4 is 75.0 Å². The zero-order valence-electron chi connectivity index (χ0n) is 14.2. The first-order valence-corrected chi connectivity index (χ1v) is 9.91. The van der Waals surface area contributed by atoms with Crippen molar-refractivity contribution in [2.75, 3.05) is 0 Å². The average molecular weight is 466 g/mol. The first kappa shape index (κ1) is 19.6. The second-order valence-electron chi connectivity index (χ2n) is 5.72. The van der Waals surface area contributed by atoms with Crippen LogP contribution in [0.2, 0.25) is 0 Å². The van der Waals surface area contributed by atoms with E-state index < -0.39 is 5.97 Å². The van der Waals surface area contributed by atoms with Crippen LogP contribution in [0, 0.1) is 3.95 Å². The van der Waals surface area contributed by atoms with E-state index in [9.17, 15) is 9.90 Å². The van der Waals surface area contributed by atoms with Gasteiger partial charge in [-0.1, -0.05) is 23.2 Å². The number of benzene rings is 1. The number of aromatic carboxylic acids is 1. The molecule has 0 saturated carbocycles. The number of carbonyl (C=O) groups is 1. The Hall–Kier alpha value is -2.72. The summed E-state index contributed by atoms with van der Waals surface area (Å²) in [6.07, 6.45) is 1.62. The van der Waals surface area contributed by atoms with Crippen molar-refractivity contribution in [1.29, 1.82) is 0 Å². The molecule has 0 unspecified atom stereocenters. The van der Waals surface area contributed by atoms with E-state index in [1.807, 2.05) is 0 Å². The van der Waals surface area contributed by atoms with Gasteiger partial charge in [-0.15, -0.1) is 11.3 Å². The highest BCUT2D eigenvalue weighted by Crippen LogP contribution is 2.30. The number of halogens is 2. The summed E-state index contributed by atoms with van der Waals surface area (Å²) in [5, 5.41) is 19.8. The second-order valence-corrected chi connectivity index (χ2v) is 8.11. The maximum absolute atomic E-state index is 11.0. The quantitative estimate of drug-likeness (QED) is 0.576. The maximum Gasteiger partial charge on any atom is 0.335 e. The minimum Gasteiger partial charge on any atom is -0.493 e. The van der Waals surface area contributed by atoms with Crippen molar-refractivity contribution < 1.29 is 19.4 Å². The van der Waals surface area contributed by atoms with Crippen LogP contribution in [0.5, 0.6) is 5.88 Å². The molecule has 0 amide bonds. The molecular weight excluding hydrogens is 457 g/mol. The molecule has 1 aromatic carbocycles. The summed E-state index contributed by atoms with van der Waals surface area (Å²) in [5.74, 6) is -0.863. The van der Waals surface area contributed by atoms with Gasteiger partial charge in [0.1, 0.15) is 5.42 Å². The lowest BCUT2D eigenvalue weighted by atomic mass is 10.2.